The number of pyridine rings is 1. The Kier molecular flexibility index (Phi) is 15.3. The second kappa shape index (κ2) is 20.7. The first-order valence-electron chi connectivity index (χ1n) is 19.0. The molecule has 0 fully saturated rings. The van der Waals surface area contributed by atoms with E-state index in [-0.39, 0.29) is 36.9 Å². The van der Waals surface area contributed by atoms with Crippen LogP contribution in [0.4, 0.5) is 27.7 Å². The van der Waals surface area contributed by atoms with Crippen LogP contribution in [0.25, 0.3) is 10.8 Å². The molecule has 5 rings (SSSR count). The molecule has 3 amide bonds. The van der Waals surface area contributed by atoms with Crippen molar-refractivity contribution in [2.45, 2.75) is 33.1 Å². The summed E-state index contributed by atoms with van der Waals surface area (Å²) in [6, 6.07) is 23.1. The van der Waals surface area contributed by atoms with Crippen LogP contribution in [0.15, 0.2) is 85.1 Å². The van der Waals surface area contributed by atoms with Crippen molar-refractivity contribution in [1.82, 2.24) is 10.3 Å². The Hall–Kier alpha value is -6.58. The molecule has 59 heavy (non-hydrogen) atoms. The molecule has 0 aliphatic heterocycles. The average molecular weight is 810 g/mol. The average Bonchev–Trinajstić information content (AvgIpc) is 3.21. The van der Waals surface area contributed by atoms with E-state index in [4.69, 9.17) is 33.2 Å². The van der Waals surface area contributed by atoms with Gasteiger partial charge in [0.2, 0.25) is 0 Å². The molecule has 0 radical (unpaired) electrons. The minimum atomic E-state index is -0.519. The maximum absolute atomic E-state index is 13.5. The molecule has 0 saturated carbocycles. The van der Waals surface area contributed by atoms with Gasteiger partial charge in [-0.05, 0) is 48.2 Å². The monoisotopic (exact) mass is 809 g/mol. The number of hydrogen-bond acceptors (Lipinski definition) is 12. The Morgan fingerprint density at radius 2 is 1.47 bits per heavy atom. The van der Waals surface area contributed by atoms with Crippen LogP contribution in [0, 0.1) is 0 Å². The molecule has 15 nitrogen and oxygen atoms in total. The number of carbonyl (C=O) groups excluding carboxylic acids is 3. The molecule has 4 N–H and O–H groups in total. The van der Waals surface area contributed by atoms with Gasteiger partial charge in [-0.1, -0.05) is 45.0 Å². The van der Waals surface area contributed by atoms with Crippen LogP contribution in [-0.2, 0) is 24.4 Å². The van der Waals surface area contributed by atoms with Crippen molar-refractivity contribution in [3.63, 3.8) is 0 Å². The number of nitrogens with zero attached hydrogens (tertiary/aromatic N) is 1. The van der Waals surface area contributed by atoms with Gasteiger partial charge in [-0.3, -0.25) is 4.79 Å². The lowest BCUT2D eigenvalue weighted by Gasteiger charge is -2.23. The molecule has 0 atom stereocenters. The number of anilines is 4. The minimum absolute atomic E-state index is 0.114. The molecule has 15 heteroatoms. The quantitative estimate of drug-likeness (QED) is 0.0467. The van der Waals surface area contributed by atoms with Gasteiger partial charge in [0, 0.05) is 54.0 Å². The van der Waals surface area contributed by atoms with E-state index in [2.05, 4.69) is 26.3 Å². The molecular formula is C44H51N5O10. The lowest BCUT2D eigenvalue weighted by Crippen LogP contribution is -2.24. The van der Waals surface area contributed by atoms with Gasteiger partial charge in [-0.2, -0.15) is 0 Å². The van der Waals surface area contributed by atoms with Crippen LogP contribution in [0.5, 0.6) is 28.7 Å². The van der Waals surface area contributed by atoms with Crippen LogP contribution in [0.3, 0.4) is 0 Å². The van der Waals surface area contributed by atoms with Crippen molar-refractivity contribution in [3.8, 4) is 28.7 Å². The first kappa shape index (κ1) is 43.5. The topological polar surface area (TPSA) is 177 Å². The Bertz CT molecular complexity index is 2240. The van der Waals surface area contributed by atoms with Crippen molar-refractivity contribution in [3.05, 3.63) is 96.2 Å². The van der Waals surface area contributed by atoms with Gasteiger partial charge in [0.15, 0.2) is 5.75 Å². The predicted octanol–water partition coefficient (Wildman–Crippen LogP) is 8.06. The highest BCUT2D eigenvalue weighted by molar-refractivity contribution is 6.09. The smallest absolute Gasteiger partial charge is 0.332 e. The number of hydrogen-bond donors (Lipinski definition) is 4. The second-order valence-electron chi connectivity index (χ2n) is 14.0. The van der Waals surface area contributed by atoms with Crippen LogP contribution in [-0.4, -0.2) is 83.8 Å². The third kappa shape index (κ3) is 12.2. The van der Waals surface area contributed by atoms with Gasteiger partial charge in [-0.15, -0.1) is 0 Å². The molecule has 0 aliphatic rings. The second-order valence-corrected chi connectivity index (χ2v) is 14.0. The van der Waals surface area contributed by atoms with Gasteiger partial charge < -0.3 is 54.4 Å². The largest absolute Gasteiger partial charge is 0.497 e. The van der Waals surface area contributed by atoms with E-state index >= 15 is 0 Å². The number of urea groups is 1. The maximum Gasteiger partial charge on any atom is 0.332 e. The van der Waals surface area contributed by atoms with Crippen molar-refractivity contribution < 1.29 is 47.5 Å². The zero-order valence-corrected chi connectivity index (χ0v) is 34.4. The molecule has 0 bridgehead atoms. The molecule has 0 spiro atoms. The number of fused-ring (bicyclic) bond motifs is 1. The zero-order valence-electron chi connectivity index (χ0n) is 34.4. The molecule has 1 aromatic heterocycles. The summed E-state index contributed by atoms with van der Waals surface area (Å²) in [5.74, 6) is 2.23. The SMILES string of the molecule is CCOC(=O)COCCOCCOc1cc(Nc2cc(Oc3ccc(NC(=O)Nc4cc(C(C)(C)C)cc(C(=O)NC)c4OC)c4ccccc34)ccn2)cc(OC)c1. The van der Waals surface area contributed by atoms with E-state index in [1.807, 2.05) is 63.2 Å². The molecule has 4 aromatic carbocycles. The lowest BCUT2D eigenvalue weighted by molar-refractivity contribution is -0.148. The maximum atomic E-state index is 13.5. The molecule has 312 valence electrons. The van der Waals surface area contributed by atoms with Gasteiger partial charge in [0.25, 0.3) is 5.91 Å². The number of rotatable bonds is 19. The Morgan fingerprint density at radius 3 is 2.20 bits per heavy atom. The highest BCUT2D eigenvalue weighted by atomic mass is 16.6. The predicted molar refractivity (Wildman–Crippen MR) is 226 cm³/mol. The Labute approximate surface area is 343 Å². The third-order valence-corrected chi connectivity index (χ3v) is 8.75. The van der Waals surface area contributed by atoms with Crippen LogP contribution < -0.4 is 40.2 Å². The number of esters is 1. The Morgan fingerprint density at radius 1 is 0.746 bits per heavy atom. The first-order valence-corrected chi connectivity index (χ1v) is 19.0. The molecular weight excluding hydrogens is 759 g/mol. The fourth-order valence-corrected chi connectivity index (χ4v) is 5.88. The summed E-state index contributed by atoms with van der Waals surface area (Å²) >= 11 is 0. The van der Waals surface area contributed by atoms with E-state index in [0.29, 0.717) is 71.3 Å². The number of benzene rings is 4. The third-order valence-electron chi connectivity index (χ3n) is 8.75. The number of aromatic nitrogens is 1. The zero-order chi connectivity index (χ0) is 42.4. The molecule has 0 saturated heterocycles. The van der Waals surface area contributed by atoms with Crippen molar-refractivity contribution in [2.24, 2.45) is 0 Å². The lowest BCUT2D eigenvalue weighted by atomic mass is 9.85. The fourth-order valence-electron chi connectivity index (χ4n) is 5.88. The number of carbonyl (C=O) groups is 3. The molecule has 5 aromatic rings. The van der Waals surface area contributed by atoms with Gasteiger partial charge in [0.05, 0.1) is 57.6 Å². The summed E-state index contributed by atoms with van der Waals surface area (Å²) in [4.78, 5) is 42.1. The minimum Gasteiger partial charge on any atom is -0.497 e. The van der Waals surface area contributed by atoms with Gasteiger partial charge >= 0.3 is 12.0 Å². The Balaban J connectivity index is 1.25. The summed E-state index contributed by atoms with van der Waals surface area (Å²) in [7, 11) is 4.57. The van der Waals surface area contributed by atoms with E-state index in [9.17, 15) is 14.4 Å². The summed E-state index contributed by atoms with van der Waals surface area (Å²) in [5, 5.41) is 13.3. The highest BCUT2D eigenvalue weighted by Gasteiger charge is 2.24. The van der Waals surface area contributed by atoms with E-state index in [1.54, 1.807) is 63.7 Å². The van der Waals surface area contributed by atoms with Gasteiger partial charge in [0.1, 0.15) is 42.0 Å². The molecule has 0 unspecified atom stereocenters. The fraction of sp³-hybridized carbons (Fsp3) is 0.318. The highest BCUT2D eigenvalue weighted by Crippen LogP contribution is 2.38. The number of methoxy groups -OCH3 is 2. The first-order chi connectivity index (χ1) is 28.4. The van der Waals surface area contributed by atoms with Crippen LogP contribution in [0.2, 0.25) is 0 Å². The van der Waals surface area contributed by atoms with Crippen molar-refractivity contribution in [1.29, 1.82) is 0 Å². The summed E-state index contributed by atoms with van der Waals surface area (Å²) in [6.45, 7) is 9.16. The molecule has 0 aliphatic carbocycles. The van der Waals surface area contributed by atoms with Crippen molar-refractivity contribution >= 4 is 51.6 Å². The van der Waals surface area contributed by atoms with Crippen LogP contribution in [0.1, 0.15) is 43.6 Å². The number of ether oxygens (including phenoxy) is 7. The van der Waals surface area contributed by atoms with Crippen molar-refractivity contribution in [2.75, 3.05) is 76.9 Å². The van der Waals surface area contributed by atoms with Gasteiger partial charge in [-0.25, -0.2) is 14.6 Å². The summed E-state index contributed by atoms with van der Waals surface area (Å²) in [6.07, 6.45) is 1.63. The number of amides is 3. The molecule has 1 heterocycles. The number of nitrogens with one attached hydrogen (secondary N) is 4. The van der Waals surface area contributed by atoms with E-state index in [0.717, 1.165) is 16.3 Å². The summed E-state index contributed by atoms with van der Waals surface area (Å²) < 4.78 is 39.0. The van der Waals surface area contributed by atoms with Crippen LogP contribution >= 0.6 is 0 Å². The standard InChI is InChI=1S/C44H51N5O10/c1-8-57-40(50)27-56-18-17-55-19-20-58-32-24-29(23-31(25-32)53-6)47-39-26-30(15-16-46-39)59-38-14-13-36(33-11-9-10-12-34(33)38)48-43(52)49-37-22-28(44(2,3)4)21-35(41(37)54-7)42(51)45-5/h9-16,21-26H,8,17-20,27H2,1-7H3,(H,45,51)(H,46,47)(H2,48,49,52). The van der Waals surface area contributed by atoms with E-state index < -0.39 is 12.0 Å². The van der Waals surface area contributed by atoms with E-state index in [1.165, 1.54) is 7.11 Å². The normalized spacial score (nSPS) is 11.0. The summed E-state index contributed by atoms with van der Waals surface area (Å²) in [5.41, 5.74) is 2.43.